The van der Waals surface area contributed by atoms with Crippen LogP contribution in [0.3, 0.4) is 0 Å². The SMILES string of the molecule is COCCCC(CCCc1ccccc1)NN. The third kappa shape index (κ3) is 6.41. The minimum Gasteiger partial charge on any atom is -0.385 e. The molecule has 3 N–H and O–H groups in total. The third-order valence-corrected chi connectivity index (χ3v) is 3.00. The second-order valence-electron chi connectivity index (χ2n) is 4.38. The minimum absolute atomic E-state index is 0.411. The van der Waals surface area contributed by atoms with Crippen LogP contribution in [0.15, 0.2) is 30.3 Å². The van der Waals surface area contributed by atoms with Gasteiger partial charge in [-0.05, 0) is 37.7 Å². The highest BCUT2D eigenvalue weighted by molar-refractivity contribution is 5.14. The first-order valence-electron chi connectivity index (χ1n) is 6.36. The first-order chi connectivity index (χ1) is 8.36. The molecule has 1 atom stereocenters. The Hall–Kier alpha value is -0.900. The number of aryl methyl sites for hydroxylation is 1. The number of ether oxygens (including phenoxy) is 1. The van der Waals surface area contributed by atoms with Crippen molar-refractivity contribution < 1.29 is 4.74 Å². The fourth-order valence-corrected chi connectivity index (χ4v) is 1.98. The maximum atomic E-state index is 5.54. The maximum absolute atomic E-state index is 5.54. The lowest BCUT2D eigenvalue weighted by Crippen LogP contribution is -2.35. The van der Waals surface area contributed by atoms with Crippen molar-refractivity contribution in [3.05, 3.63) is 35.9 Å². The number of nitrogens with two attached hydrogens (primary N) is 1. The van der Waals surface area contributed by atoms with Gasteiger partial charge in [-0.15, -0.1) is 0 Å². The minimum atomic E-state index is 0.411. The smallest absolute Gasteiger partial charge is 0.0462 e. The predicted octanol–water partition coefficient (Wildman–Crippen LogP) is 2.27. The summed E-state index contributed by atoms with van der Waals surface area (Å²) in [4.78, 5) is 0. The number of benzene rings is 1. The molecular weight excluding hydrogens is 212 g/mol. The molecule has 96 valence electrons. The molecular formula is C14H24N2O. The Kier molecular flexibility index (Phi) is 7.63. The monoisotopic (exact) mass is 236 g/mol. The van der Waals surface area contributed by atoms with Crippen molar-refractivity contribution in [2.24, 2.45) is 5.84 Å². The van der Waals surface area contributed by atoms with Crippen LogP contribution in [-0.4, -0.2) is 19.8 Å². The molecule has 0 radical (unpaired) electrons. The molecule has 3 heteroatoms. The molecule has 17 heavy (non-hydrogen) atoms. The van der Waals surface area contributed by atoms with Gasteiger partial charge in [0, 0.05) is 19.8 Å². The molecule has 0 aromatic heterocycles. The van der Waals surface area contributed by atoms with Crippen LogP contribution in [0.2, 0.25) is 0 Å². The summed E-state index contributed by atoms with van der Waals surface area (Å²) >= 11 is 0. The largest absolute Gasteiger partial charge is 0.385 e. The van der Waals surface area contributed by atoms with Crippen molar-refractivity contribution in [3.63, 3.8) is 0 Å². The molecule has 0 fully saturated rings. The van der Waals surface area contributed by atoms with E-state index in [1.54, 1.807) is 7.11 Å². The Morgan fingerprint density at radius 3 is 2.53 bits per heavy atom. The van der Waals surface area contributed by atoms with Crippen LogP contribution in [0.25, 0.3) is 0 Å². The quantitative estimate of drug-likeness (QED) is 0.393. The van der Waals surface area contributed by atoms with Gasteiger partial charge >= 0.3 is 0 Å². The second kappa shape index (κ2) is 9.16. The average molecular weight is 236 g/mol. The maximum Gasteiger partial charge on any atom is 0.0462 e. The molecule has 1 aromatic rings. The summed E-state index contributed by atoms with van der Waals surface area (Å²) < 4.78 is 5.04. The van der Waals surface area contributed by atoms with E-state index in [1.807, 2.05) is 0 Å². The summed E-state index contributed by atoms with van der Waals surface area (Å²) in [5.41, 5.74) is 4.29. The zero-order valence-corrected chi connectivity index (χ0v) is 10.7. The van der Waals surface area contributed by atoms with Crippen molar-refractivity contribution in [1.29, 1.82) is 0 Å². The molecule has 0 saturated carbocycles. The van der Waals surface area contributed by atoms with Gasteiger partial charge in [0.2, 0.25) is 0 Å². The average Bonchev–Trinajstić information content (AvgIpc) is 2.38. The lowest BCUT2D eigenvalue weighted by atomic mass is 10.0. The summed E-state index contributed by atoms with van der Waals surface area (Å²) in [6.45, 7) is 0.816. The summed E-state index contributed by atoms with van der Waals surface area (Å²) in [5.74, 6) is 5.54. The van der Waals surface area contributed by atoms with E-state index in [9.17, 15) is 0 Å². The van der Waals surface area contributed by atoms with E-state index in [4.69, 9.17) is 10.6 Å². The molecule has 0 aliphatic rings. The van der Waals surface area contributed by atoms with E-state index in [0.29, 0.717) is 6.04 Å². The van der Waals surface area contributed by atoms with Crippen LogP contribution in [0.1, 0.15) is 31.2 Å². The summed E-state index contributed by atoms with van der Waals surface area (Å²) in [6.07, 6.45) is 5.57. The van der Waals surface area contributed by atoms with Gasteiger partial charge in [0.1, 0.15) is 0 Å². The van der Waals surface area contributed by atoms with Gasteiger partial charge in [-0.1, -0.05) is 30.3 Å². The van der Waals surface area contributed by atoms with E-state index < -0.39 is 0 Å². The Morgan fingerprint density at radius 2 is 1.88 bits per heavy atom. The van der Waals surface area contributed by atoms with Gasteiger partial charge in [-0.25, -0.2) is 0 Å². The Labute approximate surface area is 104 Å². The van der Waals surface area contributed by atoms with Crippen LogP contribution < -0.4 is 11.3 Å². The van der Waals surface area contributed by atoms with Gasteiger partial charge < -0.3 is 4.74 Å². The number of hydrazine groups is 1. The normalized spacial score (nSPS) is 12.6. The van der Waals surface area contributed by atoms with Crippen LogP contribution >= 0.6 is 0 Å². The van der Waals surface area contributed by atoms with E-state index in [0.717, 1.165) is 32.3 Å². The van der Waals surface area contributed by atoms with Crippen molar-refractivity contribution >= 4 is 0 Å². The summed E-state index contributed by atoms with van der Waals surface area (Å²) in [6, 6.07) is 11.0. The van der Waals surface area contributed by atoms with Crippen molar-refractivity contribution in [1.82, 2.24) is 5.43 Å². The lowest BCUT2D eigenvalue weighted by Gasteiger charge is -2.15. The van der Waals surface area contributed by atoms with Gasteiger partial charge in [0.05, 0.1) is 0 Å². The second-order valence-corrected chi connectivity index (χ2v) is 4.38. The number of nitrogens with one attached hydrogen (secondary N) is 1. The van der Waals surface area contributed by atoms with E-state index in [1.165, 1.54) is 12.0 Å². The number of rotatable bonds is 9. The van der Waals surface area contributed by atoms with Gasteiger partial charge in [-0.3, -0.25) is 11.3 Å². The Bertz CT molecular complexity index is 277. The molecule has 0 spiro atoms. The summed E-state index contributed by atoms with van der Waals surface area (Å²) in [7, 11) is 1.74. The number of hydrogen-bond acceptors (Lipinski definition) is 3. The van der Waals surface area contributed by atoms with E-state index in [2.05, 4.69) is 35.8 Å². The molecule has 0 amide bonds. The van der Waals surface area contributed by atoms with Crippen molar-refractivity contribution in [2.45, 2.75) is 38.1 Å². The summed E-state index contributed by atoms with van der Waals surface area (Å²) in [5, 5.41) is 0. The van der Waals surface area contributed by atoms with Gasteiger partial charge in [0.25, 0.3) is 0 Å². The fourth-order valence-electron chi connectivity index (χ4n) is 1.98. The molecule has 1 rings (SSSR count). The molecule has 0 aliphatic carbocycles. The zero-order valence-electron chi connectivity index (χ0n) is 10.7. The molecule has 1 unspecified atom stereocenters. The highest BCUT2D eigenvalue weighted by Gasteiger charge is 2.05. The molecule has 0 heterocycles. The Morgan fingerprint density at radius 1 is 1.18 bits per heavy atom. The zero-order chi connectivity index (χ0) is 12.3. The van der Waals surface area contributed by atoms with E-state index >= 15 is 0 Å². The van der Waals surface area contributed by atoms with Crippen LogP contribution in [0, 0.1) is 0 Å². The first kappa shape index (κ1) is 14.2. The first-order valence-corrected chi connectivity index (χ1v) is 6.36. The van der Waals surface area contributed by atoms with Crippen LogP contribution in [-0.2, 0) is 11.2 Å². The number of methoxy groups -OCH3 is 1. The Balaban J connectivity index is 2.15. The third-order valence-electron chi connectivity index (χ3n) is 3.00. The molecule has 0 saturated heterocycles. The molecule has 0 aliphatic heterocycles. The fraction of sp³-hybridized carbons (Fsp3) is 0.571. The highest BCUT2D eigenvalue weighted by atomic mass is 16.5. The van der Waals surface area contributed by atoms with Gasteiger partial charge in [-0.2, -0.15) is 0 Å². The number of hydrogen-bond donors (Lipinski definition) is 2. The van der Waals surface area contributed by atoms with Crippen molar-refractivity contribution in [3.8, 4) is 0 Å². The molecule has 1 aromatic carbocycles. The van der Waals surface area contributed by atoms with Crippen molar-refractivity contribution in [2.75, 3.05) is 13.7 Å². The lowest BCUT2D eigenvalue weighted by molar-refractivity contribution is 0.188. The topological polar surface area (TPSA) is 47.3 Å². The van der Waals surface area contributed by atoms with E-state index in [-0.39, 0.29) is 0 Å². The van der Waals surface area contributed by atoms with Gasteiger partial charge in [0.15, 0.2) is 0 Å². The van der Waals surface area contributed by atoms with Crippen LogP contribution in [0.5, 0.6) is 0 Å². The predicted molar refractivity (Wildman–Crippen MR) is 71.6 cm³/mol. The standard InChI is InChI=1S/C14H24N2O/c1-17-12-6-11-14(16-15)10-5-9-13-7-3-2-4-8-13/h2-4,7-8,14,16H,5-6,9-12,15H2,1H3. The molecule has 3 nitrogen and oxygen atoms in total. The molecule has 0 bridgehead atoms. The van der Waals surface area contributed by atoms with Crippen LogP contribution in [0.4, 0.5) is 0 Å². The highest BCUT2D eigenvalue weighted by Crippen LogP contribution is 2.09.